The first-order valence-corrected chi connectivity index (χ1v) is 7.70. The summed E-state index contributed by atoms with van der Waals surface area (Å²) in [5.74, 6) is 0. The van der Waals surface area contributed by atoms with Gasteiger partial charge in [-0.25, -0.2) is 0 Å². The van der Waals surface area contributed by atoms with E-state index < -0.39 is 8.80 Å². The number of unbranched alkanes of at least 4 members (excludes halogenated alkanes) is 1. The van der Waals surface area contributed by atoms with Gasteiger partial charge in [0.15, 0.2) is 0 Å². The van der Waals surface area contributed by atoms with Crippen LogP contribution >= 0.6 is 0 Å². The molecule has 0 saturated carbocycles. The van der Waals surface area contributed by atoms with E-state index >= 15 is 0 Å². The van der Waals surface area contributed by atoms with E-state index in [2.05, 4.69) is 13.5 Å². The summed E-state index contributed by atoms with van der Waals surface area (Å²) in [7, 11) is -2.45. The van der Waals surface area contributed by atoms with Crippen LogP contribution in [0.4, 0.5) is 0 Å². The lowest BCUT2D eigenvalue weighted by Crippen LogP contribution is -2.45. The lowest BCUT2D eigenvalue weighted by Gasteiger charge is -2.27. The topological polar surface area (TPSA) is 27.7 Å². The highest BCUT2D eigenvalue weighted by atomic mass is 28.4. The molecule has 0 amide bonds. The molecule has 0 aromatic carbocycles. The number of allylic oxidation sites excluding steroid dienone is 1. The van der Waals surface area contributed by atoms with Gasteiger partial charge in [-0.1, -0.05) is 19.4 Å². The molecule has 0 saturated heterocycles. The maximum absolute atomic E-state index is 5.81. The summed E-state index contributed by atoms with van der Waals surface area (Å²) in [5.41, 5.74) is 0. The van der Waals surface area contributed by atoms with Crippen LogP contribution in [-0.4, -0.2) is 28.6 Å². The van der Waals surface area contributed by atoms with Crippen LogP contribution in [0.5, 0.6) is 0 Å². The fourth-order valence-electron chi connectivity index (χ4n) is 1.29. The molecule has 0 aromatic heterocycles. The Hall–Kier alpha value is -0.163. The second kappa shape index (κ2) is 9.09. The van der Waals surface area contributed by atoms with Crippen molar-refractivity contribution in [2.75, 3.05) is 19.8 Å². The van der Waals surface area contributed by atoms with Crippen LogP contribution in [0.15, 0.2) is 12.7 Å². The fourth-order valence-corrected chi connectivity index (χ4v) is 3.58. The summed E-state index contributed by atoms with van der Waals surface area (Å²) in [6.45, 7) is 11.8. The summed E-state index contributed by atoms with van der Waals surface area (Å²) >= 11 is 0. The predicted molar refractivity (Wildman–Crippen MR) is 64.9 cm³/mol. The molecular weight excluding hydrogens is 208 g/mol. The van der Waals surface area contributed by atoms with Gasteiger partial charge in [0.25, 0.3) is 0 Å². The minimum atomic E-state index is -2.45. The molecule has 0 aliphatic carbocycles. The molecule has 0 atom stereocenters. The summed E-state index contributed by atoms with van der Waals surface area (Å²) in [4.78, 5) is 0. The average Bonchev–Trinajstić information content (AvgIpc) is 2.19. The third kappa shape index (κ3) is 6.09. The molecular formula is C11H24O3Si. The molecule has 0 aliphatic heterocycles. The monoisotopic (exact) mass is 232 g/mol. The van der Waals surface area contributed by atoms with Gasteiger partial charge in [0, 0.05) is 25.9 Å². The van der Waals surface area contributed by atoms with Crippen molar-refractivity contribution in [3.63, 3.8) is 0 Å². The average molecular weight is 232 g/mol. The third-order valence-corrected chi connectivity index (χ3v) is 4.83. The Balaban J connectivity index is 4.24. The van der Waals surface area contributed by atoms with Crippen molar-refractivity contribution in [3.8, 4) is 0 Å². The zero-order chi connectivity index (χ0) is 11.6. The van der Waals surface area contributed by atoms with Gasteiger partial charge >= 0.3 is 8.80 Å². The quantitative estimate of drug-likeness (QED) is 0.329. The maximum Gasteiger partial charge on any atom is 0.504 e. The SMILES string of the molecule is C=CC[Si](OCC)(OCC)OCCCC. The Morgan fingerprint density at radius 3 is 2.07 bits per heavy atom. The lowest BCUT2D eigenvalue weighted by atomic mass is 10.4. The van der Waals surface area contributed by atoms with Crippen LogP contribution in [0, 0.1) is 0 Å². The first-order chi connectivity index (χ1) is 7.24. The third-order valence-electron chi connectivity index (χ3n) is 1.94. The van der Waals surface area contributed by atoms with E-state index in [-0.39, 0.29) is 0 Å². The molecule has 0 radical (unpaired) electrons. The van der Waals surface area contributed by atoms with Crippen molar-refractivity contribution in [1.82, 2.24) is 0 Å². The molecule has 90 valence electrons. The minimum Gasteiger partial charge on any atom is -0.374 e. The molecule has 3 nitrogen and oxygen atoms in total. The fraction of sp³-hybridized carbons (Fsp3) is 0.818. The zero-order valence-corrected chi connectivity index (χ0v) is 11.3. The van der Waals surface area contributed by atoms with Crippen molar-refractivity contribution in [2.45, 2.75) is 39.7 Å². The molecule has 0 aliphatic rings. The van der Waals surface area contributed by atoms with Gasteiger partial charge in [-0.15, -0.1) is 6.58 Å². The van der Waals surface area contributed by atoms with Crippen molar-refractivity contribution in [1.29, 1.82) is 0 Å². The van der Waals surface area contributed by atoms with E-state index in [9.17, 15) is 0 Å². The van der Waals surface area contributed by atoms with Crippen LogP contribution in [0.1, 0.15) is 33.6 Å². The van der Waals surface area contributed by atoms with Gasteiger partial charge in [0.2, 0.25) is 0 Å². The van der Waals surface area contributed by atoms with Crippen molar-refractivity contribution < 1.29 is 13.3 Å². The number of hydrogen-bond donors (Lipinski definition) is 0. The Morgan fingerprint density at radius 1 is 1.07 bits per heavy atom. The highest BCUT2D eigenvalue weighted by Gasteiger charge is 2.38. The van der Waals surface area contributed by atoms with Gasteiger partial charge in [0.1, 0.15) is 0 Å². The van der Waals surface area contributed by atoms with Crippen LogP contribution in [0.25, 0.3) is 0 Å². The Labute approximate surface area is 94.8 Å². The second-order valence-corrected chi connectivity index (χ2v) is 5.88. The summed E-state index contributed by atoms with van der Waals surface area (Å²) in [6, 6.07) is 0.693. The van der Waals surface area contributed by atoms with Gasteiger partial charge in [-0.2, -0.15) is 0 Å². The Bertz CT molecular complexity index is 156. The Morgan fingerprint density at radius 2 is 1.67 bits per heavy atom. The lowest BCUT2D eigenvalue weighted by molar-refractivity contribution is 0.0689. The minimum absolute atomic E-state index is 0.631. The molecule has 0 spiro atoms. The van der Waals surface area contributed by atoms with Gasteiger partial charge in [0.05, 0.1) is 0 Å². The van der Waals surface area contributed by atoms with Gasteiger partial charge in [-0.05, 0) is 20.3 Å². The van der Waals surface area contributed by atoms with E-state index in [1.807, 2.05) is 19.9 Å². The van der Waals surface area contributed by atoms with Crippen LogP contribution < -0.4 is 0 Å². The highest BCUT2D eigenvalue weighted by molar-refractivity contribution is 6.61. The number of rotatable bonds is 10. The van der Waals surface area contributed by atoms with E-state index in [0.29, 0.717) is 19.3 Å². The molecule has 0 rings (SSSR count). The summed E-state index contributed by atoms with van der Waals surface area (Å²) in [6.07, 6.45) is 3.99. The predicted octanol–water partition coefficient (Wildman–Crippen LogP) is 3.00. The summed E-state index contributed by atoms with van der Waals surface area (Å²) in [5, 5.41) is 0. The highest BCUT2D eigenvalue weighted by Crippen LogP contribution is 2.16. The molecule has 0 fully saturated rings. The van der Waals surface area contributed by atoms with Crippen molar-refractivity contribution in [2.24, 2.45) is 0 Å². The van der Waals surface area contributed by atoms with Crippen molar-refractivity contribution in [3.05, 3.63) is 12.7 Å². The Kier molecular flexibility index (Phi) is 8.99. The number of hydrogen-bond acceptors (Lipinski definition) is 3. The molecule has 15 heavy (non-hydrogen) atoms. The zero-order valence-electron chi connectivity index (χ0n) is 10.3. The first-order valence-electron chi connectivity index (χ1n) is 5.77. The van der Waals surface area contributed by atoms with Crippen LogP contribution in [0.2, 0.25) is 6.04 Å². The van der Waals surface area contributed by atoms with E-state index in [4.69, 9.17) is 13.3 Å². The molecule has 0 aromatic rings. The molecule has 0 heterocycles. The first kappa shape index (κ1) is 14.8. The maximum atomic E-state index is 5.81. The summed E-state index contributed by atoms with van der Waals surface area (Å²) < 4.78 is 17.2. The smallest absolute Gasteiger partial charge is 0.374 e. The molecule has 0 unspecified atom stereocenters. The van der Waals surface area contributed by atoms with E-state index in [1.165, 1.54) is 0 Å². The van der Waals surface area contributed by atoms with Crippen LogP contribution in [0.3, 0.4) is 0 Å². The van der Waals surface area contributed by atoms with E-state index in [1.54, 1.807) is 0 Å². The largest absolute Gasteiger partial charge is 0.504 e. The molecule has 0 bridgehead atoms. The standard InChI is InChI=1S/C11H24O3Si/c1-5-9-10-14-15(11-6-2,12-7-3)13-8-4/h6H,2,5,7-11H2,1,3-4H3. The normalized spacial score (nSPS) is 11.7. The second-order valence-electron chi connectivity index (χ2n) is 3.24. The van der Waals surface area contributed by atoms with Gasteiger partial charge < -0.3 is 13.3 Å². The van der Waals surface area contributed by atoms with E-state index in [0.717, 1.165) is 19.4 Å². The molecule has 0 N–H and O–H groups in total. The molecule has 4 heteroatoms. The van der Waals surface area contributed by atoms with Crippen molar-refractivity contribution >= 4 is 8.80 Å². The van der Waals surface area contributed by atoms with Crippen LogP contribution in [-0.2, 0) is 13.3 Å². The van der Waals surface area contributed by atoms with Gasteiger partial charge in [-0.3, -0.25) is 0 Å².